The summed E-state index contributed by atoms with van der Waals surface area (Å²) in [6.07, 6.45) is 0. The van der Waals surface area contributed by atoms with Gasteiger partial charge in [-0.05, 0) is 0 Å². The van der Waals surface area contributed by atoms with E-state index < -0.39 is 19.2 Å². The number of carbonyl (C=O) groups excluding carboxylic acids is 1. The van der Waals surface area contributed by atoms with Crippen molar-refractivity contribution < 1.29 is 14.3 Å². The molecule has 0 atom stereocenters. The van der Waals surface area contributed by atoms with Crippen LogP contribution in [0.3, 0.4) is 0 Å². The van der Waals surface area contributed by atoms with E-state index in [4.69, 9.17) is 10.3 Å². The zero-order valence-electron chi connectivity index (χ0n) is 10.0. The minimum atomic E-state index is -2.47. The summed E-state index contributed by atoms with van der Waals surface area (Å²) < 4.78 is 5.26. The summed E-state index contributed by atoms with van der Waals surface area (Å²) in [5.74, 6) is -0.425. The Morgan fingerprint density at radius 2 is 1.67 bits per heavy atom. The first-order valence-corrected chi connectivity index (χ1v) is 11.0. The SMILES string of the molecule is CCOC(=O)[C](=[N+]=[N-])[Ge]([CH2]C)([CH2]C)[CH2]C. The molecule has 4 nitrogen and oxygen atoms in total. The Balaban J connectivity index is 5.09. The van der Waals surface area contributed by atoms with E-state index in [0.29, 0.717) is 11.2 Å². The van der Waals surface area contributed by atoms with Crippen LogP contribution >= 0.6 is 0 Å². The first-order valence-electron chi connectivity index (χ1n) is 5.51. The molecule has 0 spiro atoms. The molecule has 0 heterocycles. The van der Waals surface area contributed by atoms with Crippen molar-refractivity contribution in [1.29, 1.82) is 0 Å². The van der Waals surface area contributed by atoms with Gasteiger partial charge in [0, 0.05) is 0 Å². The predicted octanol–water partition coefficient (Wildman–Crippen LogP) is 2.27. The Kier molecular flexibility index (Phi) is 6.52. The fourth-order valence-electron chi connectivity index (χ4n) is 1.82. The second kappa shape index (κ2) is 6.80. The fraction of sp³-hybridized carbons (Fsp3) is 0.800. The predicted molar refractivity (Wildman–Crippen MR) is 62.5 cm³/mol. The summed E-state index contributed by atoms with van der Waals surface area (Å²) >= 11 is -2.47. The van der Waals surface area contributed by atoms with Gasteiger partial charge in [0.15, 0.2) is 0 Å². The molecule has 0 aliphatic carbocycles. The minimum absolute atomic E-state index is 0.327. The van der Waals surface area contributed by atoms with Crippen LogP contribution in [0.2, 0.25) is 15.8 Å². The van der Waals surface area contributed by atoms with Gasteiger partial charge in [-0.3, -0.25) is 0 Å². The average Bonchev–Trinajstić information content (AvgIpc) is 2.26. The van der Waals surface area contributed by atoms with Crippen LogP contribution < -0.4 is 0 Å². The van der Waals surface area contributed by atoms with Crippen molar-refractivity contribution in [2.75, 3.05) is 6.61 Å². The molecule has 0 radical (unpaired) electrons. The van der Waals surface area contributed by atoms with E-state index in [0.717, 1.165) is 15.8 Å². The Bertz CT molecular complexity index is 260. The zero-order chi connectivity index (χ0) is 11.9. The van der Waals surface area contributed by atoms with E-state index in [-0.39, 0.29) is 0 Å². The number of hydrogen-bond acceptors (Lipinski definition) is 2. The van der Waals surface area contributed by atoms with Crippen molar-refractivity contribution >= 4 is 23.8 Å². The van der Waals surface area contributed by atoms with Crippen LogP contribution in [-0.2, 0) is 9.53 Å². The number of esters is 1. The summed E-state index contributed by atoms with van der Waals surface area (Å²) in [4.78, 5) is 14.8. The molecular weight excluding hydrogens is 253 g/mol. The molecule has 86 valence electrons. The first-order chi connectivity index (χ1) is 7.11. The third-order valence-corrected chi connectivity index (χ3v) is 14.4. The molecule has 0 aromatic rings. The molecule has 0 amide bonds. The van der Waals surface area contributed by atoms with Gasteiger partial charge in [0.2, 0.25) is 0 Å². The van der Waals surface area contributed by atoms with Crippen molar-refractivity contribution in [3.63, 3.8) is 0 Å². The third-order valence-electron chi connectivity index (χ3n) is 3.10. The van der Waals surface area contributed by atoms with Gasteiger partial charge in [-0.15, -0.1) is 0 Å². The van der Waals surface area contributed by atoms with E-state index in [1.54, 1.807) is 6.92 Å². The van der Waals surface area contributed by atoms with Crippen LogP contribution in [0.5, 0.6) is 0 Å². The van der Waals surface area contributed by atoms with Crippen molar-refractivity contribution in [2.45, 2.75) is 43.5 Å². The van der Waals surface area contributed by atoms with Gasteiger partial charge in [0.05, 0.1) is 0 Å². The maximum absolute atomic E-state index is 11.6. The average molecular weight is 273 g/mol. The van der Waals surface area contributed by atoms with E-state index in [1.165, 1.54) is 0 Å². The normalized spacial score (nSPS) is 10.7. The standard InChI is InChI=1S/C10H20GeN2O2/c1-5-11(6-2,7-3)9(13-12)10(14)15-8-4/h5-8H2,1-4H3. The second-order valence-electron chi connectivity index (χ2n) is 3.51. The molecule has 0 bridgehead atoms. The number of ether oxygens (including phenoxy) is 1. The summed E-state index contributed by atoms with van der Waals surface area (Å²) in [6.45, 7) is 8.28. The van der Waals surface area contributed by atoms with Gasteiger partial charge in [0.1, 0.15) is 0 Å². The number of rotatable bonds is 6. The van der Waals surface area contributed by atoms with Crippen LogP contribution in [0, 0.1) is 0 Å². The summed E-state index contributed by atoms with van der Waals surface area (Å²) in [7, 11) is 0. The second-order valence-corrected chi connectivity index (χ2v) is 14.3. The summed E-state index contributed by atoms with van der Waals surface area (Å²) in [6, 6.07) is 0. The molecule has 0 fully saturated rings. The quantitative estimate of drug-likeness (QED) is 0.245. The third kappa shape index (κ3) is 3.18. The first kappa shape index (κ1) is 14.4. The van der Waals surface area contributed by atoms with Crippen molar-refractivity contribution in [3.8, 4) is 0 Å². The fourth-order valence-corrected chi connectivity index (χ4v) is 8.58. The van der Waals surface area contributed by atoms with Crippen LogP contribution in [0.15, 0.2) is 0 Å². The zero-order valence-corrected chi connectivity index (χ0v) is 12.1. The van der Waals surface area contributed by atoms with Gasteiger partial charge in [-0.2, -0.15) is 0 Å². The van der Waals surface area contributed by atoms with Gasteiger partial charge in [0.25, 0.3) is 0 Å². The molecular formula is C10H20GeN2O2. The van der Waals surface area contributed by atoms with Gasteiger partial charge in [-0.25, -0.2) is 0 Å². The van der Waals surface area contributed by atoms with Crippen LogP contribution in [0.25, 0.3) is 5.53 Å². The Morgan fingerprint density at radius 3 is 1.93 bits per heavy atom. The summed E-state index contributed by atoms with van der Waals surface area (Å²) in [5.41, 5.74) is 8.99. The van der Waals surface area contributed by atoms with Crippen LogP contribution in [0.4, 0.5) is 0 Å². The van der Waals surface area contributed by atoms with Gasteiger partial charge in [-0.1, -0.05) is 0 Å². The van der Waals surface area contributed by atoms with Crippen molar-refractivity contribution in [2.24, 2.45) is 0 Å². The molecule has 0 rings (SSSR count). The molecule has 15 heavy (non-hydrogen) atoms. The van der Waals surface area contributed by atoms with Gasteiger partial charge >= 0.3 is 93.7 Å². The number of carbonyl (C=O) groups is 1. The Morgan fingerprint density at radius 1 is 1.20 bits per heavy atom. The monoisotopic (exact) mass is 274 g/mol. The molecule has 0 saturated heterocycles. The van der Waals surface area contributed by atoms with Crippen LogP contribution in [0.1, 0.15) is 27.7 Å². The summed E-state index contributed by atoms with van der Waals surface area (Å²) in [5, 5.41) is 2.85. The number of nitrogens with zero attached hydrogens (tertiary/aromatic N) is 2. The molecule has 0 aliphatic heterocycles. The van der Waals surface area contributed by atoms with E-state index >= 15 is 0 Å². The molecule has 5 heteroatoms. The molecule has 0 saturated carbocycles. The van der Waals surface area contributed by atoms with Crippen molar-refractivity contribution in [3.05, 3.63) is 5.53 Å². The Labute approximate surface area is 94.0 Å². The Hall–Kier alpha value is -0.607. The molecule has 0 aromatic heterocycles. The molecule has 0 N–H and O–H groups in total. The topological polar surface area (TPSA) is 62.7 Å². The molecule has 0 aliphatic rings. The van der Waals surface area contributed by atoms with E-state index in [1.807, 2.05) is 0 Å². The van der Waals surface area contributed by atoms with E-state index in [9.17, 15) is 4.79 Å². The molecule has 0 aromatic carbocycles. The maximum atomic E-state index is 11.6. The number of hydrogen-bond donors (Lipinski definition) is 0. The van der Waals surface area contributed by atoms with E-state index in [2.05, 4.69) is 25.6 Å². The van der Waals surface area contributed by atoms with Crippen molar-refractivity contribution in [1.82, 2.24) is 0 Å². The van der Waals surface area contributed by atoms with Crippen LogP contribution in [-0.4, -0.2) is 35.2 Å². The van der Waals surface area contributed by atoms with Gasteiger partial charge < -0.3 is 0 Å². The molecule has 0 unspecified atom stereocenters.